The van der Waals surface area contributed by atoms with E-state index >= 15 is 0 Å². The highest BCUT2D eigenvalue weighted by atomic mass is 32.2. The fourth-order valence-electron chi connectivity index (χ4n) is 2.70. The third kappa shape index (κ3) is 4.00. The minimum Gasteiger partial charge on any atom is -0.465 e. The van der Waals surface area contributed by atoms with Crippen LogP contribution in [0.25, 0.3) is 0 Å². The number of nitrogens with one attached hydrogen (secondary N) is 1. The quantitative estimate of drug-likeness (QED) is 0.817. The Morgan fingerprint density at radius 3 is 2.75 bits per heavy atom. The molecule has 2 rings (SSSR count). The van der Waals surface area contributed by atoms with Gasteiger partial charge in [-0.2, -0.15) is 11.8 Å². The van der Waals surface area contributed by atoms with Crippen LogP contribution in [0, 0.1) is 0 Å². The normalized spacial score (nSPS) is 21.9. The molecule has 0 bridgehead atoms. The lowest BCUT2D eigenvalue weighted by Crippen LogP contribution is -2.33. The monoisotopic (exact) mass is 293 g/mol. The summed E-state index contributed by atoms with van der Waals surface area (Å²) < 4.78 is 4.70. The molecule has 2 unspecified atom stereocenters. The topological polar surface area (TPSA) is 38.3 Å². The number of hydrogen-bond donors (Lipinski definition) is 1. The average Bonchev–Trinajstić information content (AvgIpc) is 2.92. The fourth-order valence-corrected chi connectivity index (χ4v) is 3.92. The van der Waals surface area contributed by atoms with Gasteiger partial charge in [-0.05, 0) is 36.3 Å². The minimum absolute atomic E-state index is 0.278. The maximum atomic E-state index is 11.4. The van der Waals surface area contributed by atoms with Crippen molar-refractivity contribution >= 4 is 17.7 Å². The van der Waals surface area contributed by atoms with Gasteiger partial charge >= 0.3 is 5.97 Å². The fraction of sp³-hybridized carbons (Fsp3) is 0.562. The van der Waals surface area contributed by atoms with E-state index in [0.29, 0.717) is 11.6 Å². The Kier molecular flexibility index (Phi) is 5.92. The van der Waals surface area contributed by atoms with Crippen molar-refractivity contribution in [1.82, 2.24) is 5.32 Å². The maximum absolute atomic E-state index is 11.4. The van der Waals surface area contributed by atoms with Gasteiger partial charge in [0, 0.05) is 17.8 Å². The van der Waals surface area contributed by atoms with Crippen LogP contribution in [0.5, 0.6) is 0 Å². The first-order chi connectivity index (χ1) is 9.74. The third-order valence-electron chi connectivity index (χ3n) is 3.78. The molecule has 2 atom stereocenters. The van der Waals surface area contributed by atoms with Crippen molar-refractivity contribution in [1.29, 1.82) is 0 Å². The molecule has 3 nitrogen and oxygen atoms in total. The second kappa shape index (κ2) is 7.70. The summed E-state index contributed by atoms with van der Waals surface area (Å²) >= 11 is 2.07. The Morgan fingerprint density at radius 2 is 2.10 bits per heavy atom. The zero-order valence-electron chi connectivity index (χ0n) is 12.2. The maximum Gasteiger partial charge on any atom is 0.337 e. The van der Waals surface area contributed by atoms with E-state index < -0.39 is 0 Å². The molecule has 1 aromatic carbocycles. The molecule has 1 saturated carbocycles. The van der Waals surface area contributed by atoms with Gasteiger partial charge < -0.3 is 10.1 Å². The predicted molar refractivity (Wildman–Crippen MR) is 84.2 cm³/mol. The van der Waals surface area contributed by atoms with Gasteiger partial charge in [-0.25, -0.2) is 4.79 Å². The van der Waals surface area contributed by atoms with E-state index in [1.54, 1.807) is 0 Å². The summed E-state index contributed by atoms with van der Waals surface area (Å²) in [6.07, 6.45) is 3.94. The van der Waals surface area contributed by atoms with Crippen LogP contribution in [0.3, 0.4) is 0 Å². The Morgan fingerprint density at radius 1 is 1.35 bits per heavy atom. The predicted octanol–water partition coefficient (Wildman–Crippen LogP) is 3.24. The molecule has 0 aromatic heterocycles. The molecular formula is C16H23NO2S. The van der Waals surface area contributed by atoms with Crippen LogP contribution in [0.15, 0.2) is 24.3 Å². The van der Waals surface area contributed by atoms with Gasteiger partial charge in [0.05, 0.1) is 12.7 Å². The molecule has 0 spiro atoms. The van der Waals surface area contributed by atoms with Crippen molar-refractivity contribution in [2.45, 2.75) is 44.0 Å². The zero-order chi connectivity index (χ0) is 14.4. The van der Waals surface area contributed by atoms with Gasteiger partial charge in [0.25, 0.3) is 0 Å². The second-order valence-corrected chi connectivity index (χ2v) is 6.62. The zero-order valence-corrected chi connectivity index (χ0v) is 13.0. The van der Waals surface area contributed by atoms with Crippen LogP contribution in [-0.2, 0) is 11.3 Å². The number of hydrogen-bond acceptors (Lipinski definition) is 4. The van der Waals surface area contributed by atoms with Gasteiger partial charge in [-0.15, -0.1) is 0 Å². The van der Waals surface area contributed by atoms with E-state index in [4.69, 9.17) is 4.74 Å². The molecule has 1 aliphatic rings. The molecular weight excluding hydrogens is 270 g/mol. The lowest BCUT2D eigenvalue weighted by molar-refractivity contribution is 0.0600. The molecule has 1 N–H and O–H groups in total. The lowest BCUT2D eigenvalue weighted by Gasteiger charge is -2.20. The Balaban J connectivity index is 1.86. The number of carbonyl (C=O) groups excluding carboxylic acids is 1. The minimum atomic E-state index is -0.278. The first-order valence-corrected chi connectivity index (χ1v) is 8.31. The van der Waals surface area contributed by atoms with E-state index in [2.05, 4.69) is 24.0 Å². The van der Waals surface area contributed by atoms with Crippen molar-refractivity contribution < 1.29 is 9.53 Å². The van der Waals surface area contributed by atoms with E-state index in [9.17, 15) is 4.79 Å². The number of esters is 1. The van der Waals surface area contributed by atoms with Gasteiger partial charge in [-0.1, -0.05) is 25.5 Å². The molecule has 0 aliphatic heterocycles. The highest BCUT2D eigenvalue weighted by Gasteiger charge is 2.26. The third-order valence-corrected chi connectivity index (χ3v) is 5.10. The summed E-state index contributed by atoms with van der Waals surface area (Å²) in [5, 5.41) is 4.42. The Labute approximate surface area is 125 Å². The highest BCUT2D eigenvalue weighted by molar-refractivity contribution is 7.99. The van der Waals surface area contributed by atoms with Crippen molar-refractivity contribution in [2.75, 3.05) is 12.9 Å². The van der Waals surface area contributed by atoms with E-state index in [1.165, 1.54) is 37.7 Å². The number of carbonyl (C=O) groups is 1. The number of thioether (sulfide) groups is 1. The van der Waals surface area contributed by atoms with Crippen molar-refractivity contribution in [3.63, 3.8) is 0 Å². The van der Waals surface area contributed by atoms with Crippen molar-refractivity contribution in [3.05, 3.63) is 35.4 Å². The van der Waals surface area contributed by atoms with Gasteiger partial charge in [0.2, 0.25) is 0 Å². The van der Waals surface area contributed by atoms with Crippen LogP contribution in [0.4, 0.5) is 0 Å². The summed E-state index contributed by atoms with van der Waals surface area (Å²) in [6.45, 7) is 3.10. The highest BCUT2D eigenvalue weighted by Crippen LogP contribution is 2.30. The van der Waals surface area contributed by atoms with Crippen molar-refractivity contribution in [2.24, 2.45) is 0 Å². The summed E-state index contributed by atoms with van der Waals surface area (Å²) in [4.78, 5) is 11.4. The van der Waals surface area contributed by atoms with Gasteiger partial charge in [0.15, 0.2) is 0 Å². The molecule has 0 radical (unpaired) electrons. The Bertz CT molecular complexity index is 433. The number of ether oxygens (including phenoxy) is 1. The molecule has 0 amide bonds. The average molecular weight is 293 g/mol. The van der Waals surface area contributed by atoms with Gasteiger partial charge in [0.1, 0.15) is 0 Å². The summed E-state index contributed by atoms with van der Waals surface area (Å²) in [7, 11) is 1.41. The Hall–Kier alpha value is -1.00. The standard InChI is InChI=1S/C16H23NO2S/c1-3-20-15-6-4-5-14(15)17-11-12-7-9-13(10-8-12)16(18)19-2/h7-10,14-15,17H,3-6,11H2,1-2H3. The van der Waals surface area contributed by atoms with E-state index in [-0.39, 0.29) is 5.97 Å². The molecule has 110 valence electrons. The first kappa shape index (κ1) is 15.4. The summed E-state index contributed by atoms with van der Waals surface area (Å²) in [5.41, 5.74) is 1.82. The van der Waals surface area contributed by atoms with E-state index in [0.717, 1.165) is 11.8 Å². The summed E-state index contributed by atoms with van der Waals surface area (Å²) in [6, 6.07) is 8.28. The molecule has 0 saturated heterocycles. The lowest BCUT2D eigenvalue weighted by atomic mass is 10.1. The molecule has 0 heterocycles. The summed E-state index contributed by atoms with van der Waals surface area (Å²) in [5.74, 6) is 0.913. The molecule has 4 heteroatoms. The number of methoxy groups -OCH3 is 1. The SMILES string of the molecule is CCSC1CCCC1NCc1ccc(C(=O)OC)cc1. The second-order valence-electron chi connectivity index (χ2n) is 5.10. The van der Waals surface area contributed by atoms with Crippen LogP contribution in [-0.4, -0.2) is 30.1 Å². The van der Waals surface area contributed by atoms with Crippen LogP contribution < -0.4 is 5.32 Å². The van der Waals surface area contributed by atoms with E-state index in [1.807, 2.05) is 24.3 Å². The molecule has 1 aliphatic carbocycles. The van der Waals surface area contributed by atoms with Gasteiger partial charge in [-0.3, -0.25) is 0 Å². The largest absolute Gasteiger partial charge is 0.465 e. The van der Waals surface area contributed by atoms with Crippen LogP contribution in [0.1, 0.15) is 42.1 Å². The number of benzene rings is 1. The number of rotatable bonds is 6. The first-order valence-electron chi connectivity index (χ1n) is 7.26. The smallest absolute Gasteiger partial charge is 0.337 e. The molecule has 20 heavy (non-hydrogen) atoms. The van der Waals surface area contributed by atoms with Crippen LogP contribution in [0.2, 0.25) is 0 Å². The van der Waals surface area contributed by atoms with Crippen molar-refractivity contribution in [3.8, 4) is 0 Å². The molecule has 1 aromatic rings. The van der Waals surface area contributed by atoms with Crippen LogP contribution >= 0.6 is 11.8 Å². The molecule has 1 fully saturated rings.